The molecule has 1 atom stereocenters. The van der Waals surface area contributed by atoms with E-state index in [9.17, 15) is 4.79 Å². The SMILES string of the molecule is CC(CN1CCCC1=O)NCc1cncc(Br)c1. The van der Waals surface area contributed by atoms with Crippen LogP contribution in [0.5, 0.6) is 0 Å². The van der Waals surface area contributed by atoms with Crippen LogP contribution in [0.3, 0.4) is 0 Å². The Labute approximate surface area is 116 Å². The maximum atomic E-state index is 11.5. The molecule has 98 valence electrons. The summed E-state index contributed by atoms with van der Waals surface area (Å²) in [6.45, 7) is 4.58. The van der Waals surface area contributed by atoms with E-state index in [0.29, 0.717) is 12.5 Å². The van der Waals surface area contributed by atoms with E-state index in [4.69, 9.17) is 0 Å². The lowest BCUT2D eigenvalue weighted by atomic mass is 10.2. The summed E-state index contributed by atoms with van der Waals surface area (Å²) >= 11 is 3.40. The van der Waals surface area contributed by atoms with Gasteiger partial charge in [0.1, 0.15) is 0 Å². The Bertz CT molecular complexity index is 424. The van der Waals surface area contributed by atoms with Crippen LogP contribution in [0.25, 0.3) is 0 Å². The quantitative estimate of drug-likeness (QED) is 0.904. The summed E-state index contributed by atoms with van der Waals surface area (Å²) < 4.78 is 0.990. The predicted molar refractivity (Wildman–Crippen MR) is 74.1 cm³/mol. The Balaban J connectivity index is 1.77. The molecule has 1 amide bonds. The Hall–Kier alpha value is -0.940. The number of amides is 1. The van der Waals surface area contributed by atoms with E-state index in [2.05, 4.69) is 33.2 Å². The zero-order valence-corrected chi connectivity index (χ0v) is 12.1. The highest BCUT2D eigenvalue weighted by Crippen LogP contribution is 2.11. The summed E-state index contributed by atoms with van der Waals surface area (Å²) in [6.07, 6.45) is 5.34. The van der Waals surface area contributed by atoms with Crippen molar-refractivity contribution in [3.05, 3.63) is 28.5 Å². The van der Waals surface area contributed by atoms with Crippen LogP contribution in [0.15, 0.2) is 22.9 Å². The lowest BCUT2D eigenvalue weighted by molar-refractivity contribution is -0.127. The second-order valence-electron chi connectivity index (χ2n) is 4.74. The average Bonchev–Trinajstić information content (AvgIpc) is 2.73. The molecule has 1 aromatic heterocycles. The Kier molecular flexibility index (Phi) is 4.72. The fraction of sp³-hybridized carbons (Fsp3) is 0.538. The van der Waals surface area contributed by atoms with Crippen LogP contribution in [0.1, 0.15) is 25.3 Å². The topological polar surface area (TPSA) is 45.2 Å². The third-order valence-corrected chi connectivity index (χ3v) is 3.52. The predicted octanol–water partition coefficient (Wildman–Crippen LogP) is 1.94. The molecule has 4 nitrogen and oxygen atoms in total. The Morgan fingerprint density at radius 1 is 1.56 bits per heavy atom. The molecule has 0 bridgehead atoms. The summed E-state index contributed by atoms with van der Waals surface area (Å²) in [4.78, 5) is 17.6. The van der Waals surface area contributed by atoms with E-state index in [0.717, 1.165) is 36.1 Å². The van der Waals surface area contributed by atoms with Crippen molar-refractivity contribution in [3.63, 3.8) is 0 Å². The summed E-state index contributed by atoms with van der Waals surface area (Å²) in [5, 5.41) is 3.42. The summed E-state index contributed by atoms with van der Waals surface area (Å²) in [5.74, 6) is 0.285. The van der Waals surface area contributed by atoms with Crippen molar-refractivity contribution < 1.29 is 4.79 Å². The number of hydrogen-bond donors (Lipinski definition) is 1. The minimum Gasteiger partial charge on any atom is -0.341 e. The van der Waals surface area contributed by atoms with E-state index >= 15 is 0 Å². The first-order valence-corrected chi connectivity index (χ1v) is 7.05. The Morgan fingerprint density at radius 2 is 2.39 bits per heavy atom. The molecule has 1 fully saturated rings. The maximum absolute atomic E-state index is 11.5. The Morgan fingerprint density at radius 3 is 3.06 bits per heavy atom. The van der Waals surface area contributed by atoms with Gasteiger partial charge in [-0.25, -0.2) is 0 Å². The largest absolute Gasteiger partial charge is 0.341 e. The first kappa shape index (κ1) is 13.5. The van der Waals surface area contributed by atoms with Crippen LogP contribution in [-0.4, -0.2) is 34.9 Å². The van der Waals surface area contributed by atoms with Crippen molar-refractivity contribution in [2.75, 3.05) is 13.1 Å². The second kappa shape index (κ2) is 6.29. The van der Waals surface area contributed by atoms with Gasteiger partial charge in [-0.3, -0.25) is 9.78 Å². The molecule has 0 aromatic carbocycles. The highest BCUT2D eigenvalue weighted by atomic mass is 79.9. The van der Waals surface area contributed by atoms with E-state index < -0.39 is 0 Å². The zero-order chi connectivity index (χ0) is 13.0. The molecule has 0 saturated carbocycles. The number of nitrogens with one attached hydrogen (secondary N) is 1. The molecule has 0 spiro atoms. The molecule has 1 unspecified atom stereocenters. The van der Waals surface area contributed by atoms with Gasteiger partial charge >= 0.3 is 0 Å². The van der Waals surface area contributed by atoms with Crippen molar-refractivity contribution in [1.29, 1.82) is 0 Å². The van der Waals surface area contributed by atoms with E-state index in [1.54, 1.807) is 6.20 Å². The molecule has 2 rings (SSSR count). The number of carbonyl (C=O) groups is 1. The van der Waals surface area contributed by atoms with Gasteiger partial charge in [0.25, 0.3) is 0 Å². The molecule has 1 aliphatic rings. The van der Waals surface area contributed by atoms with E-state index in [1.165, 1.54) is 0 Å². The fourth-order valence-corrected chi connectivity index (χ4v) is 2.55. The van der Waals surface area contributed by atoms with E-state index in [-0.39, 0.29) is 5.91 Å². The van der Waals surface area contributed by atoms with Gasteiger partial charge in [-0.15, -0.1) is 0 Å². The number of rotatable bonds is 5. The molecule has 2 heterocycles. The second-order valence-corrected chi connectivity index (χ2v) is 5.65. The minimum atomic E-state index is 0.285. The van der Waals surface area contributed by atoms with Crippen molar-refractivity contribution in [3.8, 4) is 0 Å². The molecule has 1 aliphatic heterocycles. The van der Waals surface area contributed by atoms with Gasteiger partial charge in [-0.1, -0.05) is 0 Å². The van der Waals surface area contributed by atoms with E-state index in [1.807, 2.05) is 17.2 Å². The van der Waals surface area contributed by atoms with Gasteiger partial charge in [0.05, 0.1) is 0 Å². The molecular weight excluding hydrogens is 294 g/mol. The van der Waals surface area contributed by atoms with Crippen LogP contribution in [0, 0.1) is 0 Å². The molecular formula is C13H18BrN3O. The molecule has 1 aromatic rings. The fourth-order valence-electron chi connectivity index (χ4n) is 2.14. The van der Waals surface area contributed by atoms with Crippen molar-refractivity contribution in [2.45, 2.75) is 32.4 Å². The van der Waals surface area contributed by atoms with Crippen molar-refractivity contribution in [1.82, 2.24) is 15.2 Å². The monoisotopic (exact) mass is 311 g/mol. The number of aromatic nitrogens is 1. The lowest BCUT2D eigenvalue weighted by Crippen LogP contribution is -2.39. The van der Waals surface area contributed by atoms with Crippen LogP contribution < -0.4 is 5.32 Å². The third kappa shape index (κ3) is 3.78. The normalized spacial score (nSPS) is 17.2. The van der Waals surface area contributed by atoms with Crippen LogP contribution in [0.4, 0.5) is 0 Å². The maximum Gasteiger partial charge on any atom is 0.222 e. The van der Waals surface area contributed by atoms with Crippen molar-refractivity contribution >= 4 is 21.8 Å². The third-order valence-electron chi connectivity index (χ3n) is 3.08. The molecule has 18 heavy (non-hydrogen) atoms. The highest BCUT2D eigenvalue weighted by Gasteiger charge is 2.21. The van der Waals surface area contributed by atoms with Gasteiger partial charge in [0.15, 0.2) is 0 Å². The van der Waals surface area contributed by atoms with Gasteiger partial charge < -0.3 is 10.2 Å². The molecule has 1 N–H and O–H groups in total. The molecule has 0 aliphatic carbocycles. The first-order valence-electron chi connectivity index (χ1n) is 6.26. The van der Waals surface area contributed by atoms with Gasteiger partial charge in [0, 0.05) is 49.0 Å². The number of carbonyl (C=O) groups excluding carboxylic acids is 1. The zero-order valence-electron chi connectivity index (χ0n) is 10.5. The number of likely N-dealkylation sites (tertiary alicyclic amines) is 1. The first-order chi connectivity index (χ1) is 8.65. The number of halogens is 1. The molecule has 1 saturated heterocycles. The summed E-state index contributed by atoms with van der Waals surface area (Å²) in [6, 6.07) is 2.35. The number of nitrogens with zero attached hydrogens (tertiary/aromatic N) is 2. The average molecular weight is 312 g/mol. The van der Waals surface area contributed by atoms with Crippen LogP contribution in [0.2, 0.25) is 0 Å². The van der Waals surface area contributed by atoms with Gasteiger partial charge in [-0.05, 0) is 40.9 Å². The van der Waals surface area contributed by atoms with Crippen LogP contribution in [-0.2, 0) is 11.3 Å². The minimum absolute atomic E-state index is 0.285. The number of hydrogen-bond acceptors (Lipinski definition) is 3. The molecule has 0 radical (unpaired) electrons. The lowest BCUT2D eigenvalue weighted by Gasteiger charge is -2.21. The van der Waals surface area contributed by atoms with Crippen LogP contribution >= 0.6 is 15.9 Å². The summed E-state index contributed by atoms with van der Waals surface area (Å²) in [5.41, 5.74) is 1.14. The molecule has 5 heteroatoms. The highest BCUT2D eigenvalue weighted by molar-refractivity contribution is 9.10. The van der Waals surface area contributed by atoms with Gasteiger partial charge in [-0.2, -0.15) is 0 Å². The standard InChI is InChI=1S/C13H18BrN3O/c1-10(9-17-4-2-3-13(17)18)16-7-11-5-12(14)8-15-6-11/h5-6,8,10,16H,2-4,7,9H2,1H3. The van der Waals surface area contributed by atoms with Crippen molar-refractivity contribution in [2.24, 2.45) is 0 Å². The smallest absolute Gasteiger partial charge is 0.222 e. The summed E-state index contributed by atoms with van der Waals surface area (Å²) in [7, 11) is 0. The number of pyridine rings is 1. The van der Waals surface area contributed by atoms with Gasteiger partial charge in [0.2, 0.25) is 5.91 Å².